The van der Waals surface area contributed by atoms with E-state index < -0.39 is 11.9 Å². The third-order valence-electron chi connectivity index (χ3n) is 6.55. The van der Waals surface area contributed by atoms with Gasteiger partial charge in [0.05, 0.1) is 33.5 Å². The molecule has 0 radical (unpaired) electrons. The maximum atomic E-state index is 12.2. The highest BCUT2D eigenvalue weighted by Gasteiger charge is 2.16. The fourth-order valence-electron chi connectivity index (χ4n) is 4.68. The first-order valence-corrected chi connectivity index (χ1v) is 12.0. The summed E-state index contributed by atoms with van der Waals surface area (Å²) in [7, 11) is 0. The molecule has 182 valence electrons. The zero-order valence-corrected chi connectivity index (χ0v) is 20.0. The van der Waals surface area contributed by atoms with Gasteiger partial charge in [-0.25, -0.2) is 19.6 Å². The molecule has 2 heterocycles. The van der Waals surface area contributed by atoms with Crippen LogP contribution in [-0.4, -0.2) is 32.1 Å². The van der Waals surface area contributed by atoms with Gasteiger partial charge in [0.2, 0.25) is 0 Å². The molecule has 6 nitrogen and oxygen atoms in total. The first kappa shape index (κ1) is 23.1. The third kappa shape index (κ3) is 4.14. The van der Waals surface area contributed by atoms with Gasteiger partial charge in [0.1, 0.15) is 0 Å². The second-order valence-corrected chi connectivity index (χ2v) is 8.92. The molecular weight excluding hydrogens is 476 g/mol. The first-order valence-electron chi connectivity index (χ1n) is 12.0. The van der Waals surface area contributed by atoms with Crippen molar-refractivity contribution in [2.75, 3.05) is 0 Å². The molecule has 0 saturated heterocycles. The number of nitrogens with zero attached hydrogens (tertiary/aromatic N) is 2. The molecule has 0 aliphatic rings. The molecule has 4 aromatic carbocycles. The Morgan fingerprint density at radius 2 is 0.868 bits per heavy atom. The Labute approximate surface area is 217 Å². The number of rotatable bonds is 5. The van der Waals surface area contributed by atoms with Crippen molar-refractivity contribution in [1.29, 1.82) is 0 Å². The minimum Gasteiger partial charge on any atom is -0.478 e. The van der Waals surface area contributed by atoms with Gasteiger partial charge in [-0.15, -0.1) is 0 Å². The standard InChI is InChI=1S/C32H20N2O4/c35-31(36)25-17-29(19-7-3-1-4-8-19)33-27-13-11-21(15-23(25)27)22-12-14-28-24(16-22)26(32(37)38)18-30(34-28)20-9-5-2-6-10-20/h1-18H,(H,35,36)(H,37,38). The lowest BCUT2D eigenvalue weighted by molar-refractivity contribution is 0.0688. The number of pyridine rings is 2. The number of hydrogen-bond acceptors (Lipinski definition) is 4. The number of aromatic nitrogens is 2. The predicted octanol–water partition coefficient (Wildman–Crippen LogP) is 7.18. The highest BCUT2D eigenvalue weighted by atomic mass is 16.4. The average molecular weight is 497 g/mol. The molecule has 0 unspecified atom stereocenters. The Balaban J connectivity index is 1.50. The minimum atomic E-state index is -1.05. The summed E-state index contributed by atoms with van der Waals surface area (Å²) in [6, 6.07) is 32.9. The Kier molecular flexibility index (Phi) is 5.62. The van der Waals surface area contributed by atoms with Crippen molar-refractivity contribution in [3.63, 3.8) is 0 Å². The van der Waals surface area contributed by atoms with Crippen LogP contribution in [0, 0.1) is 0 Å². The summed E-state index contributed by atoms with van der Waals surface area (Å²) in [5.74, 6) is -2.09. The molecule has 0 aliphatic heterocycles. The Morgan fingerprint density at radius 1 is 0.474 bits per heavy atom. The minimum absolute atomic E-state index is 0.150. The fraction of sp³-hybridized carbons (Fsp3) is 0. The topological polar surface area (TPSA) is 100 Å². The number of carboxylic acid groups (broad SMARTS) is 2. The first-order chi connectivity index (χ1) is 18.5. The van der Waals surface area contributed by atoms with Gasteiger partial charge in [-0.05, 0) is 47.5 Å². The summed E-state index contributed by atoms with van der Waals surface area (Å²) in [5.41, 5.74) is 5.76. The van der Waals surface area contributed by atoms with Crippen molar-refractivity contribution in [1.82, 2.24) is 9.97 Å². The molecule has 6 aromatic rings. The maximum Gasteiger partial charge on any atom is 0.336 e. The van der Waals surface area contributed by atoms with Crippen LogP contribution in [0.25, 0.3) is 55.4 Å². The molecule has 2 N–H and O–H groups in total. The molecule has 0 atom stereocenters. The van der Waals surface area contributed by atoms with Crippen LogP contribution in [0.3, 0.4) is 0 Å². The smallest absolute Gasteiger partial charge is 0.336 e. The highest BCUT2D eigenvalue weighted by Crippen LogP contribution is 2.32. The molecule has 6 rings (SSSR count). The van der Waals surface area contributed by atoms with E-state index in [1.807, 2.05) is 72.8 Å². The van der Waals surface area contributed by atoms with E-state index in [-0.39, 0.29) is 11.1 Å². The van der Waals surface area contributed by atoms with Crippen molar-refractivity contribution in [3.05, 3.63) is 120 Å². The maximum absolute atomic E-state index is 12.2. The number of aromatic carboxylic acids is 2. The van der Waals surface area contributed by atoms with Crippen LogP contribution in [0.5, 0.6) is 0 Å². The van der Waals surface area contributed by atoms with Crippen LogP contribution >= 0.6 is 0 Å². The summed E-state index contributed by atoms with van der Waals surface area (Å²) in [4.78, 5) is 33.8. The fourth-order valence-corrected chi connectivity index (χ4v) is 4.68. The van der Waals surface area contributed by atoms with Crippen molar-refractivity contribution in [2.45, 2.75) is 0 Å². The van der Waals surface area contributed by atoms with Crippen LogP contribution < -0.4 is 0 Å². The molecule has 0 fully saturated rings. The van der Waals surface area contributed by atoms with Crippen LogP contribution in [0.1, 0.15) is 20.7 Å². The van der Waals surface area contributed by atoms with E-state index in [1.165, 1.54) is 0 Å². The monoisotopic (exact) mass is 496 g/mol. The zero-order valence-electron chi connectivity index (χ0n) is 20.0. The summed E-state index contributed by atoms with van der Waals surface area (Å²) in [5, 5.41) is 21.0. The van der Waals surface area contributed by atoms with Crippen LogP contribution in [-0.2, 0) is 0 Å². The van der Waals surface area contributed by atoms with Crippen LogP contribution in [0.2, 0.25) is 0 Å². The van der Waals surface area contributed by atoms with Crippen molar-refractivity contribution in [2.24, 2.45) is 0 Å². The molecule has 6 heteroatoms. The lowest BCUT2D eigenvalue weighted by Gasteiger charge is -2.11. The summed E-state index contributed by atoms with van der Waals surface area (Å²) < 4.78 is 0. The van der Waals surface area contributed by atoms with Crippen molar-refractivity contribution in [3.8, 4) is 33.6 Å². The average Bonchev–Trinajstić information content (AvgIpc) is 2.96. The largest absolute Gasteiger partial charge is 0.478 e. The van der Waals surface area contributed by atoms with Gasteiger partial charge in [0, 0.05) is 21.9 Å². The molecule has 0 bridgehead atoms. The van der Waals surface area contributed by atoms with E-state index in [9.17, 15) is 19.8 Å². The van der Waals surface area contributed by atoms with E-state index in [1.54, 1.807) is 36.4 Å². The van der Waals surface area contributed by atoms with E-state index in [4.69, 9.17) is 9.97 Å². The van der Waals surface area contributed by atoms with Crippen molar-refractivity contribution >= 4 is 33.7 Å². The highest BCUT2D eigenvalue weighted by molar-refractivity contribution is 6.07. The zero-order chi connectivity index (χ0) is 26.2. The Bertz CT molecular complexity index is 1730. The predicted molar refractivity (Wildman–Crippen MR) is 147 cm³/mol. The van der Waals surface area contributed by atoms with Gasteiger partial charge in [-0.2, -0.15) is 0 Å². The molecule has 2 aromatic heterocycles. The SMILES string of the molecule is O=C(O)c1cc(-c2ccccc2)nc2ccc(-c3ccc4nc(-c5ccccc5)cc(C(=O)O)c4c3)cc12. The normalized spacial score (nSPS) is 11.1. The molecule has 0 saturated carbocycles. The molecule has 38 heavy (non-hydrogen) atoms. The van der Waals surface area contributed by atoms with E-state index >= 15 is 0 Å². The van der Waals surface area contributed by atoms with Gasteiger partial charge in [0.25, 0.3) is 0 Å². The summed E-state index contributed by atoms with van der Waals surface area (Å²) in [6.45, 7) is 0. The summed E-state index contributed by atoms with van der Waals surface area (Å²) >= 11 is 0. The number of hydrogen-bond donors (Lipinski definition) is 2. The second kappa shape index (κ2) is 9.26. The molecule has 0 aliphatic carbocycles. The lowest BCUT2D eigenvalue weighted by atomic mass is 9.96. The molecule has 0 spiro atoms. The lowest BCUT2D eigenvalue weighted by Crippen LogP contribution is -2.01. The number of carbonyl (C=O) groups is 2. The van der Waals surface area contributed by atoms with Gasteiger partial charge >= 0.3 is 11.9 Å². The number of benzene rings is 4. The van der Waals surface area contributed by atoms with E-state index in [0.29, 0.717) is 33.2 Å². The van der Waals surface area contributed by atoms with Gasteiger partial charge in [0.15, 0.2) is 0 Å². The number of carboxylic acids is 2. The Hall–Kier alpha value is -5.36. The van der Waals surface area contributed by atoms with Crippen LogP contribution in [0.4, 0.5) is 0 Å². The molecular formula is C32H20N2O4. The molecule has 0 amide bonds. The Morgan fingerprint density at radius 3 is 1.24 bits per heavy atom. The van der Waals surface area contributed by atoms with Crippen LogP contribution in [0.15, 0.2) is 109 Å². The van der Waals surface area contributed by atoms with Gasteiger partial charge in [-0.3, -0.25) is 0 Å². The number of fused-ring (bicyclic) bond motifs is 2. The van der Waals surface area contributed by atoms with Gasteiger partial charge < -0.3 is 10.2 Å². The second-order valence-electron chi connectivity index (χ2n) is 8.92. The summed E-state index contributed by atoms with van der Waals surface area (Å²) in [6.07, 6.45) is 0. The van der Waals surface area contributed by atoms with E-state index in [2.05, 4.69) is 0 Å². The van der Waals surface area contributed by atoms with Crippen molar-refractivity contribution < 1.29 is 19.8 Å². The van der Waals surface area contributed by atoms with E-state index in [0.717, 1.165) is 22.3 Å². The third-order valence-corrected chi connectivity index (χ3v) is 6.55. The quantitative estimate of drug-likeness (QED) is 0.262. The van der Waals surface area contributed by atoms with Gasteiger partial charge in [-0.1, -0.05) is 72.8 Å².